The summed E-state index contributed by atoms with van der Waals surface area (Å²) in [5.74, 6) is 2.17. The fraction of sp³-hybridized carbons (Fsp3) is 0.455. The molecule has 0 saturated carbocycles. The molecule has 0 saturated heterocycles. The number of thioether (sulfide) groups is 1. The molecule has 0 fully saturated rings. The van der Waals surface area contributed by atoms with E-state index < -0.39 is 0 Å². The number of para-hydroxylation sites is 1. The van der Waals surface area contributed by atoms with Crippen molar-refractivity contribution in [2.24, 2.45) is 5.73 Å². The Morgan fingerprint density at radius 2 is 1.88 bits per heavy atom. The summed E-state index contributed by atoms with van der Waals surface area (Å²) in [6.45, 7) is 5.11. The van der Waals surface area contributed by atoms with Crippen molar-refractivity contribution in [2.45, 2.75) is 49.8 Å². The van der Waals surface area contributed by atoms with Crippen LogP contribution in [0.5, 0.6) is 11.5 Å². The molecule has 3 N–H and O–H groups in total. The van der Waals surface area contributed by atoms with Crippen molar-refractivity contribution in [1.29, 1.82) is 0 Å². The lowest BCUT2D eigenvalue weighted by Gasteiger charge is -2.47. The number of aromatic hydroxyl groups is 1. The van der Waals surface area contributed by atoms with Crippen molar-refractivity contribution in [3.63, 3.8) is 0 Å². The summed E-state index contributed by atoms with van der Waals surface area (Å²) in [7, 11) is 0. The molecule has 0 aliphatic heterocycles. The van der Waals surface area contributed by atoms with E-state index in [0.717, 1.165) is 30.8 Å². The second-order valence-corrected chi connectivity index (χ2v) is 8.35. The molecule has 4 heteroatoms. The van der Waals surface area contributed by atoms with Crippen LogP contribution in [0.25, 0.3) is 0 Å². The van der Waals surface area contributed by atoms with Crippen LogP contribution in [0.3, 0.4) is 0 Å². The zero-order valence-electron chi connectivity index (χ0n) is 15.7. The van der Waals surface area contributed by atoms with Crippen LogP contribution in [0, 0.1) is 0 Å². The SMILES string of the molecule is CCC1(CC)c2cc(O)ccc2C[C@H](SCCOc2ccccc2)[C@H]1N. The number of rotatable bonds is 7. The molecule has 26 heavy (non-hydrogen) atoms. The van der Waals surface area contributed by atoms with Gasteiger partial charge in [-0.2, -0.15) is 11.8 Å². The minimum Gasteiger partial charge on any atom is -0.508 e. The standard InChI is InChI=1S/C22H29NO2S/c1-3-22(4-2)19-15-17(24)11-10-16(19)14-20(21(22)23)26-13-12-25-18-8-6-5-7-9-18/h5-11,15,20-21,24H,3-4,12-14,23H2,1-2H3/t20-,21+/m0/s1. The average molecular weight is 372 g/mol. The van der Waals surface area contributed by atoms with Crippen molar-refractivity contribution in [3.05, 3.63) is 59.7 Å². The molecule has 2 aromatic carbocycles. The first-order valence-corrected chi connectivity index (χ1v) is 10.5. The maximum absolute atomic E-state index is 9.98. The first-order valence-electron chi connectivity index (χ1n) is 9.48. The Labute approximate surface area is 161 Å². The molecule has 0 unspecified atom stereocenters. The Morgan fingerprint density at radius 1 is 1.15 bits per heavy atom. The van der Waals surface area contributed by atoms with Gasteiger partial charge >= 0.3 is 0 Å². The predicted molar refractivity (Wildman–Crippen MR) is 110 cm³/mol. The molecule has 0 bridgehead atoms. The quantitative estimate of drug-likeness (QED) is 0.703. The van der Waals surface area contributed by atoms with Gasteiger partial charge in [0.05, 0.1) is 6.61 Å². The van der Waals surface area contributed by atoms with Gasteiger partial charge in [0.15, 0.2) is 0 Å². The Balaban J connectivity index is 1.70. The molecule has 2 atom stereocenters. The van der Waals surface area contributed by atoms with E-state index in [9.17, 15) is 5.11 Å². The lowest BCUT2D eigenvalue weighted by Crippen LogP contribution is -2.55. The molecule has 0 spiro atoms. The molecule has 3 nitrogen and oxygen atoms in total. The third-order valence-corrected chi connectivity index (χ3v) is 7.07. The number of hydrogen-bond donors (Lipinski definition) is 2. The summed E-state index contributed by atoms with van der Waals surface area (Å²) in [6, 6.07) is 15.8. The molecular weight excluding hydrogens is 342 g/mol. The molecule has 3 rings (SSSR count). The van der Waals surface area contributed by atoms with E-state index in [2.05, 4.69) is 19.9 Å². The van der Waals surface area contributed by atoms with E-state index in [1.54, 1.807) is 6.07 Å². The van der Waals surface area contributed by atoms with Gasteiger partial charge in [0.25, 0.3) is 0 Å². The summed E-state index contributed by atoms with van der Waals surface area (Å²) < 4.78 is 5.83. The van der Waals surface area contributed by atoms with Gasteiger partial charge in [-0.05, 0) is 54.7 Å². The lowest BCUT2D eigenvalue weighted by molar-refractivity contribution is 0.289. The smallest absolute Gasteiger partial charge is 0.119 e. The van der Waals surface area contributed by atoms with Crippen LogP contribution >= 0.6 is 11.8 Å². The van der Waals surface area contributed by atoms with Crippen LogP contribution in [-0.4, -0.2) is 28.8 Å². The van der Waals surface area contributed by atoms with Crippen LogP contribution in [0.1, 0.15) is 37.8 Å². The van der Waals surface area contributed by atoms with Crippen molar-refractivity contribution in [2.75, 3.05) is 12.4 Å². The molecule has 0 aromatic heterocycles. The van der Waals surface area contributed by atoms with Crippen molar-refractivity contribution in [3.8, 4) is 11.5 Å². The second kappa shape index (κ2) is 8.36. The number of benzene rings is 2. The molecule has 1 aliphatic carbocycles. The number of hydrogen-bond acceptors (Lipinski definition) is 4. The molecule has 140 valence electrons. The van der Waals surface area contributed by atoms with Gasteiger partial charge in [-0.1, -0.05) is 38.1 Å². The van der Waals surface area contributed by atoms with E-state index >= 15 is 0 Å². The molecule has 1 aliphatic rings. The molecule has 0 radical (unpaired) electrons. The number of ether oxygens (including phenoxy) is 1. The summed E-state index contributed by atoms with van der Waals surface area (Å²) >= 11 is 1.91. The van der Waals surface area contributed by atoms with Crippen molar-refractivity contribution >= 4 is 11.8 Å². The van der Waals surface area contributed by atoms with Crippen molar-refractivity contribution in [1.82, 2.24) is 0 Å². The largest absolute Gasteiger partial charge is 0.508 e. The minimum absolute atomic E-state index is 0.0652. The number of nitrogens with two attached hydrogens (primary N) is 1. The Hall–Kier alpha value is -1.65. The van der Waals surface area contributed by atoms with Gasteiger partial charge < -0.3 is 15.6 Å². The van der Waals surface area contributed by atoms with Crippen LogP contribution in [0.4, 0.5) is 0 Å². The number of phenolic OH excluding ortho intramolecular Hbond substituents is 1. The van der Waals surface area contributed by atoms with Gasteiger partial charge in [-0.3, -0.25) is 0 Å². The Morgan fingerprint density at radius 3 is 2.58 bits per heavy atom. The van der Waals surface area contributed by atoms with Crippen LogP contribution in [0.2, 0.25) is 0 Å². The molecular formula is C22H29NO2S. The van der Waals surface area contributed by atoms with Gasteiger partial charge in [0.1, 0.15) is 11.5 Å². The lowest BCUT2D eigenvalue weighted by atomic mass is 9.63. The Bertz CT molecular complexity index is 715. The average Bonchev–Trinajstić information content (AvgIpc) is 2.67. The van der Waals surface area contributed by atoms with Gasteiger partial charge in [-0.15, -0.1) is 0 Å². The summed E-state index contributed by atoms with van der Waals surface area (Å²) in [5, 5.41) is 10.3. The first-order chi connectivity index (χ1) is 12.6. The normalized spacial score (nSPS) is 21.2. The molecule has 0 amide bonds. The fourth-order valence-corrected chi connectivity index (χ4v) is 5.47. The highest BCUT2D eigenvalue weighted by molar-refractivity contribution is 8.00. The maximum atomic E-state index is 9.98. The maximum Gasteiger partial charge on any atom is 0.119 e. The van der Waals surface area contributed by atoms with Crippen LogP contribution < -0.4 is 10.5 Å². The summed E-state index contributed by atoms with van der Waals surface area (Å²) in [4.78, 5) is 0. The highest BCUT2D eigenvalue weighted by atomic mass is 32.2. The van der Waals surface area contributed by atoms with E-state index in [0.29, 0.717) is 17.6 Å². The summed E-state index contributed by atoms with van der Waals surface area (Å²) in [6.07, 6.45) is 2.92. The van der Waals surface area contributed by atoms with E-state index in [1.807, 2.05) is 48.2 Å². The monoisotopic (exact) mass is 371 g/mol. The van der Waals surface area contributed by atoms with Gasteiger partial charge in [0, 0.05) is 22.5 Å². The number of phenols is 1. The highest BCUT2D eigenvalue weighted by Gasteiger charge is 2.44. The van der Waals surface area contributed by atoms with Gasteiger partial charge in [0.2, 0.25) is 0 Å². The van der Waals surface area contributed by atoms with E-state index in [-0.39, 0.29) is 11.5 Å². The second-order valence-electron chi connectivity index (χ2n) is 7.01. The zero-order valence-corrected chi connectivity index (χ0v) is 16.5. The highest BCUT2D eigenvalue weighted by Crippen LogP contribution is 2.45. The first kappa shape index (κ1) is 19.1. The topological polar surface area (TPSA) is 55.5 Å². The third-order valence-electron chi connectivity index (χ3n) is 5.78. The zero-order chi connectivity index (χ0) is 18.6. The van der Waals surface area contributed by atoms with Gasteiger partial charge in [-0.25, -0.2) is 0 Å². The predicted octanol–water partition coefficient (Wildman–Crippen LogP) is 4.51. The number of fused-ring (bicyclic) bond motifs is 1. The van der Waals surface area contributed by atoms with Crippen LogP contribution in [-0.2, 0) is 11.8 Å². The van der Waals surface area contributed by atoms with Crippen molar-refractivity contribution < 1.29 is 9.84 Å². The van der Waals surface area contributed by atoms with Crippen LogP contribution in [0.15, 0.2) is 48.5 Å². The molecule has 0 heterocycles. The third kappa shape index (κ3) is 3.72. The summed E-state index contributed by atoms with van der Waals surface area (Å²) in [5.41, 5.74) is 9.30. The Kier molecular flexibility index (Phi) is 6.15. The molecule has 2 aromatic rings. The minimum atomic E-state index is -0.0652. The van der Waals surface area contributed by atoms with E-state index in [1.165, 1.54) is 11.1 Å². The van der Waals surface area contributed by atoms with E-state index in [4.69, 9.17) is 10.5 Å². The fourth-order valence-electron chi connectivity index (χ4n) is 4.23.